The summed E-state index contributed by atoms with van der Waals surface area (Å²) in [5.41, 5.74) is 1.94. The maximum Gasteiger partial charge on any atom is 0.348 e. The number of phenols is 1. The van der Waals surface area contributed by atoms with Crippen LogP contribution in [0, 0.1) is 11.8 Å². The fourth-order valence-electron chi connectivity index (χ4n) is 6.05. The third-order valence-electron chi connectivity index (χ3n) is 7.67. The first kappa shape index (κ1) is 24.9. The number of phenolic OH excluding ortho intramolecular Hbond substituents is 1. The first-order valence-electron chi connectivity index (χ1n) is 11.5. The number of amides is 1. The number of ketones is 2. The van der Waals surface area contributed by atoms with Gasteiger partial charge in [-0.3, -0.25) is 20.2 Å². The van der Waals surface area contributed by atoms with E-state index in [1.54, 1.807) is 14.1 Å². The zero-order valence-corrected chi connectivity index (χ0v) is 20.5. The van der Waals surface area contributed by atoms with Crippen molar-refractivity contribution in [2.75, 3.05) is 33.1 Å². The number of aromatic hydroxyl groups is 1. The number of aliphatic hydroxyl groups excluding tert-OH is 2. The van der Waals surface area contributed by atoms with Crippen LogP contribution >= 0.6 is 0 Å². The SMILES string of the molecule is CCc1cc(N(C)C)c2c(c1O)C(O)=C1C(=O)C3(O)C(O)=C(C([NH3+])=O)C(=O)C(N(C)C)C3CC1C2. The van der Waals surface area contributed by atoms with Gasteiger partial charge in [0.1, 0.15) is 11.5 Å². The summed E-state index contributed by atoms with van der Waals surface area (Å²) in [5.74, 6) is -5.96. The average molecular weight is 487 g/mol. The molecular weight excluding hydrogens is 454 g/mol. The molecule has 0 saturated heterocycles. The Morgan fingerprint density at radius 2 is 1.80 bits per heavy atom. The maximum atomic E-state index is 13.9. The Labute approximate surface area is 202 Å². The monoisotopic (exact) mass is 486 g/mol. The molecule has 1 aromatic rings. The van der Waals surface area contributed by atoms with Crippen molar-refractivity contribution in [2.45, 2.75) is 37.8 Å². The van der Waals surface area contributed by atoms with E-state index in [1.165, 1.54) is 4.90 Å². The van der Waals surface area contributed by atoms with E-state index in [1.807, 2.05) is 32.0 Å². The van der Waals surface area contributed by atoms with E-state index in [0.29, 0.717) is 17.5 Å². The number of carbonyl (C=O) groups is 3. The standard InChI is InChI=1S/C25H31N3O7/c1-6-10-9-14(27(2)3)12-7-11-8-13-18(28(4)5)21(31)17(24(26)34)23(33)25(13,35)22(32)15(11)20(30)16(12)19(10)29/h9,11,13,18,29-30,33,35H,6-8H2,1-5H3,(H2,26,34)/p+1. The summed E-state index contributed by atoms with van der Waals surface area (Å²) in [6.07, 6.45) is 0.844. The summed E-state index contributed by atoms with van der Waals surface area (Å²) < 4.78 is 0. The molecule has 4 unspecified atom stereocenters. The molecule has 4 atom stereocenters. The highest BCUT2D eigenvalue weighted by Crippen LogP contribution is 2.54. The molecule has 1 saturated carbocycles. The van der Waals surface area contributed by atoms with Crippen LogP contribution in [0.4, 0.5) is 5.69 Å². The van der Waals surface area contributed by atoms with E-state index in [4.69, 9.17) is 0 Å². The van der Waals surface area contributed by atoms with Crippen LogP contribution in [0.25, 0.3) is 5.76 Å². The fraction of sp³-hybridized carbons (Fsp3) is 0.480. The Hall–Kier alpha value is -3.21. The molecular formula is C25H32N3O7+. The summed E-state index contributed by atoms with van der Waals surface area (Å²) in [5, 5.41) is 44.9. The van der Waals surface area contributed by atoms with E-state index >= 15 is 0 Å². The number of aryl methyl sites for hydroxylation is 1. The molecule has 1 aromatic carbocycles. The van der Waals surface area contributed by atoms with Crippen molar-refractivity contribution in [3.63, 3.8) is 0 Å². The molecule has 0 aromatic heterocycles. The van der Waals surface area contributed by atoms with Crippen LogP contribution < -0.4 is 10.6 Å². The number of Topliss-reactive ketones (excluding diaryl/α,β-unsaturated/α-hetero) is 2. The topological polar surface area (TPSA) is 166 Å². The number of likely N-dealkylation sites (N-methyl/N-ethyl adjacent to an activating group) is 1. The number of fused-ring (bicyclic) bond motifs is 3. The van der Waals surface area contributed by atoms with E-state index in [2.05, 4.69) is 5.73 Å². The van der Waals surface area contributed by atoms with E-state index < -0.39 is 58.0 Å². The third-order valence-corrected chi connectivity index (χ3v) is 7.67. The number of hydrogen-bond donors (Lipinski definition) is 5. The van der Waals surface area contributed by atoms with Crippen molar-refractivity contribution in [3.05, 3.63) is 39.7 Å². The van der Waals surface area contributed by atoms with Gasteiger partial charge >= 0.3 is 5.91 Å². The minimum Gasteiger partial charge on any atom is -0.508 e. The molecule has 0 radical (unpaired) electrons. The highest BCUT2D eigenvalue weighted by Gasteiger charge is 2.64. The zero-order valence-electron chi connectivity index (χ0n) is 20.5. The molecule has 4 rings (SSSR count). The third kappa shape index (κ3) is 3.24. The van der Waals surface area contributed by atoms with Crippen molar-refractivity contribution in [2.24, 2.45) is 11.8 Å². The van der Waals surface area contributed by atoms with Gasteiger partial charge in [0.15, 0.2) is 22.7 Å². The number of quaternary nitrogens is 1. The second-order valence-electron chi connectivity index (χ2n) is 10.0. The van der Waals surface area contributed by atoms with Crippen molar-refractivity contribution in [1.82, 2.24) is 4.90 Å². The van der Waals surface area contributed by atoms with Crippen LogP contribution in [0.5, 0.6) is 5.75 Å². The smallest absolute Gasteiger partial charge is 0.348 e. The number of anilines is 1. The number of aliphatic hydroxyl groups is 3. The lowest BCUT2D eigenvalue weighted by Crippen LogP contribution is -2.68. The van der Waals surface area contributed by atoms with Gasteiger partial charge in [-0.1, -0.05) is 6.92 Å². The van der Waals surface area contributed by atoms with Gasteiger partial charge in [0.2, 0.25) is 5.78 Å². The number of benzene rings is 1. The van der Waals surface area contributed by atoms with Crippen molar-refractivity contribution >= 4 is 28.9 Å². The Kier molecular flexibility index (Phi) is 5.82. The number of rotatable bonds is 4. The lowest BCUT2D eigenvalue weighted by atomic mass is 9.57. The highest BCUT2D eigenvalue weighted by atomic mass is 16.3. The lowest BCUT2D eigenvalue weighted by Gasteiger charge is -2.50. The van der Waals surface area contributed by atoms with Crippen LogP contribution in [0.15, 0.2) is 23.0 Å². The minimum atomic E-state index is -2.59. The Morgan fingerprint density at radius 1 is 1.17 bits per heavy atom. The van der Waals surface area contributed by atoms with Crippen LogP contribution in [-0.2, 0) is 27.2 Å². The number of carbonyl (C=O) groups excluding carboxylic acids is 3. The molecule has 0 bridgehead atoms. The minimum absolute atomic E-state index is 0.0848. The van der Waals surface area contributed by atoms with Gasteiger partial charge in [-0.25, -0.2) is 4.79 Å². The molecule has 0 heterocycles. The van der Waals surface area contributed by atoms with Crippen molar-refractivity contribution < 1.29 is 40.5 Å². The van der Waals surface area contributed by atoms with E-state index in [-0.39, 0.29) is 29.7 Å². The molecule has 35 heavy (non-hydrogen) atoms. The van der Waals surface area contributed by atoms with Gasteiger partial charge in [-0.05, 0) is 56.5 Å². The van der Waals surface area contributed by atoms with Gasteiger partial charge in [0.05, 0.1) is 11.6 Å². The first-order chi connectivity index (χ1) is 16.3. The Bertz CT molecular complexity index is 1230. The molecule has 3 aliphatic rings. The van der Waals surface area contributed by atoms with Gasteiger partial charge < -0.3 is 25.3 Å². The first-order valence-corrected chi connectivity index (χ1v) is 11.5. The van der Waals surface area contributed by atoms with Crippen molar-refractivity contribution in [3.8, 4) is 5.75 Å². The van der Waals surface area contributed by atoms with Crippen LogP contribution in [0.1, 0.15) is 30.0 Å². The molecule has 7 N–H and O–H groups in total. The second-order valence-corrected chi connectivity index (χ2v) is 10.0. The predicted octanol–water partition coefficient (Wildman–Crippen LogP) is -0.124. The summed E-state index contributed by atoms with van der Waals surface area (Å²) in [4.78, 5) is 42.5. The Morgan fingerprint density at radius 3 is 2.31 bits per heavy atom. The lowest BCUT2D eigenvalue weighted by molar-refractivity contribution is -0.299. The summed E-state index contributed by atoms with van der Waals surface area (Å²) in [7, 11) is 6.87. The molecule has 1 fully saturated rings. The van der Waals surface area contributed by atoms with Gasteiger partial charge in [0, 0.05) is 31.3 Å². The van der Waals surface area contributed by atoms with E-state index in [9.17, 15) is 34.8 Å². The van der Waals surface area contributed by atoms with Crippen LogP contribution in [0.2, 0.25) is 0 Å². The average Bonchev–Trinajstić information content (AvgIpc) is 2.75. The maximum absolute atomic E-state index is 13.9. The van der Waals surface area contributed by atoms with Gasteiger partial charge in [-0.2, -0.15) is 0 Å². The molecule has 1 amide bonds. The molecule has 188 valence electrons. The summed E-state index contributed by atoms with van der Waals surface area (Å²) in [6.45, 7) is 1.86. The predicted molar refractivity (Wildman–Crippen MR) is 127 cm³/mol. The van der Waals surface area contributed by atoms with Crippen molar-refractivity contribution in [1.29, 1.82) is 0 Å². The quantitative estimate of drug-likeness (QED) is 0.365. The summed E-state index contributed by atoms with van der Waals surface area (Å²) in [6, 6.07) is 0.788. The number of hydrogen-bond acceptors (Lipinski definition) is 9. The van der Waals surface area contributed by atoms with Crippen LogP contribution in [0.3, 0.4) is 0 Å². The molecule has 0 aliphatic heterocycles. The van der Waals surface area contributed by atoms with E-state index in [0.717, 1.165) is 5.69 Å². The Balaban J connectivity index is 2.01. The molecule has 3 aliphatic carbocycles. The molecule has 0 spiro atoms. The summed E-state index contributed by atoms with van der Waals surface area (Å²) >= 11 is 0. The highest BCUT2D eigenvalue weighted by molar-refractivity contribution is 6.22. The molecule has 10 nitrogen and oxygen atoms in total. The number of nitrogens with zero attached hydrogens (tertiary/aromatic N) is 2. The normalized spacial score (nSPS) is 28.2. The zero-order chi connectivity index (χ0) is 26.1. The fourth-order valence-corrected chi connectivity index (χ4v) is 6.05. The molecule has 10 heteroatoms. The largest absolute Gasteiger partial charge is 0.508 e. The second kappa shape index (κ2) is 8.18. The van der Waals surface area contributed by atoms with Gasteiger partial charge in [-0.15, -0.1) is 0 Å². The van der Waals surface area contributed by atoms with Gasteiger partial charge in [0.25, 0.3) is 0 Å². The van der Waals surface area contributed by atoms with Crippen LogP contribution in [-0.4, -0.2) is 82.6 Å².